The first kappa shape index (κ1) is 17.7. The predicted molar refractivity (Wildman–Crippen MR) is 100 cm³/mol. The summed E-state index contributed by atoms with van der Waals surface area (Å²) in [6.07, 6.45) is 2.19. The Labute approximate surface area is 158 Å². The van der Waals surface area contributed by atoms with E-state index in [0.29, 0.717) is 55.8 Å². The fraction of sp³-hybridized carbons (Fsp3) is 0.450. The summed E-state index contributed by atoms with van der Waals surface area (Å²) in [5.74, 6) is 0.554. The molecule has 0 atom stereocenters. The highest BCUT2D eigenvalue weighted by Gasteiger charge is 2.30. The number of nitrogens with zero attached hydrogens (tertiary/aromatic N) is 3. The largest absolute Gasteiger partial charge is 0.360 e. The van der Waals surface area contributed by atoms with Gasteiger partial charge in [0, 0.05) is 37.8 Å². The van der Waals surface area contributed by atoms with Crippen LogP contribution in [0.5, 0.6) is 0 Å². The first-order valence-electron chi connectivity index (χ1n) is 9.44. The lowest BCUT2D eigenvalue weighted by atomic mass is 10.0. The maximum Gasteiger partial charge on any atom is 0.259 e. The van der Waals surface area contributed by atoms with Crippen molar-refractivity contribution in [3.63, 3.8) is 0 Å². The molecule has 2 aliphatic rings. The van der Waals surface area contributed by atoms with E-state index in [1.165, 1.54) is 0 Å². The van der Waals surface area contributed by atoms with Gasteiger partial charge >= 0.3 is 0 Å². The number of carbonyl (C=O) groups is 2. The second-order valence-electron chi connectivity index (χ2n) is 7.24. The van der Waals surface area contributed by atoms with Crippen molar-refractivity contribution in [2.75, 3.05) is 32.7 Å². The van der Waals surface area contributed by atoms with Crippen molar-refractivity contribution in [1.82, 2.24) is 20.3 Å². The summed E-state index contributed by atoms with van der Waals surface area (Å²) >= 11 is 0. The summed E-state index contributed by atoms with van der Waals surface area (Å²) in [6.45, 7) is 4.73. The first-order chi connectivity index (χ1) is 13.1. The number of nitrogens with one attached hydrogen (secondary N) is 1. The van der Waals surface area contributed by atoms with Gasteiger partial charge in [-0.05, 0) is 19.8 Å². The number of hydrogen-bond acceptors (Lipinski definition) is 5. The summed E-state index contributed by atoms with van der Waals surface area (Å²) in [4.78, 5) is 29.0. The normalized spacial score (nSPS) is 17.7. The summed E-state index contributed by atoms with van der Waals surface area (Å²) in [5, 5.41) is 7.11. The Bertz CT molecular complexity index is 821. The number of carbonyl (C=O) groups excluding carboxylic acids is 2. The van der Waals surface area contributed by atoms with E-state index >= 15 is 0 Å². The Morgan fingerprint density at radius 2 is 1.85 bits per heavy atom. The topological polar surface area (TPSA) is 78.7 Å². The third-order valence-electron chi connectivity index (χ3n) is 5.09. The van der Waals surface area contributed by atoms with E-state index in [-0.39, 0.29) is 11.8 Å². The minimum Gasteiger partial charge on any atom is -0.360 e. The number of piperazine rings is 1. The van der Waals surface area contributed by atoms with Gasteiger partial charge in [0.05, 0.1) is 6.54 Å². The molecular formula is C20H24N4O3. The van der Waals surface area contributed by atoms with Crippen molar-refractivity contribution in [2.24, 2.45) is 0 Å². The van der Waals surface area contributed by atoms with Gasteiger partial charge in [0.1, 0.15) is 17.0 Å². The molecule has 1 saturated heterocycles. The van der Waals surface area contributed by atoms with Gasteiger partial charge in [0.2, 0.25) is 5.91 Å². The van der Waals surface area contributed by atoms with E-state index in [0.717, 1.165) is 18.4 Å². The first-order valence-corrected chi connectivity index (χ1v) is 9.44. The molecule has 1 saturated carbocycles. The molecule has 7 nitrogen and oxygen atoms in total. The smallest absolute Gasteiger partial charge is 0.259 e. The van der Waals surface area contributed by atoms with Crippen molar-refractivity contribution in [3.8, 4) is 11.3 Å². The molecule has 1 aliphatic heterocycles. The molecular weight excluding hydrogens is 344 g/mol. The minimum absolute atomic E-state index is 0.0605. The number of aryl methyl sites for hydroxylation is 1. The lowest BCUT2D eigenvalue weighted by Gasteiger charge is -2.34. The molecule has 27 heavy (non-hydrogen) atoms. The average Bonchev–Trinajstić information content (AvgIpc) is 3.41. The Kier molecular flexibility index (Phi) is 4.94. The van der Waals surface area contributed by atoms with Gasteiger partial charge < -0.3 is 14.7 Å². The summed E-state index contributed by atoms with van der Waals surface area (Å²) in [6, 6.07) is 9.98. The highest BCUT2D eigenvalue weighted by molar-refractivity contribution is 6.00. The van der Waals surface area contributed by atoms with Crippen LogP contribution in [0, 0.1) is 6.92 Å². The van der Waals surface area contributed by atoms with E-state index in [4.69, 9.17) is 4.52 Å². The Balaban J connectivity index is 1.40. The van der Waals surface area contributed by atoms with Crippen LogP contribution in [-0.2, 0) is 4.79 Å². The maximum atomic E-state index is 13.1. The summed E-state index contributed by atoms with van der Waals surface area (Å²) in [5.41, 5.74) is 1.98. The van der Waals surface area contributed by atoms with Gasteiger partial charge in [0.25, 0.3) is 5.91 Å². The zero-order chi connectivity index (χ0) is 18.8. The van der Waals surface area contributed by atoms with Crippen molar-refractivity contribution in [3.05, 3.63) is 41.7 Å². The van der Waals surface area contributed by atoms with Gasteiger partial charge in [-0.3, -0.25) is 14.5 Å². The molecule has 7 heteroatoms. The van der Waals surface area contributed by atoms with Gasteiger partial charge in [-0.25, -0.2) is 0 Å². The van der Waals surface area contributed by atoms with E-state index in [1.807, 2.05) is 35.2 Å². The third-order valence-corrected chi connectivity index (χ3v) is 5.09. The molecule has 1 aromatic carbocycles. The van der Waals surface area contributed by atoms with E-state index in [2.05, 4.69) is 15.4 Å². The van der Waals surface area contributed by atoms with Crippen LogP contribution in [0.15, 0.2) is 34.9 Å². The van der Waals surface area contributed by atoms with Crippen LogP contribution in [0.1, 0.15) is 29.0 Å². The maximum absolute atomic E-state index is 13.1. The van der Waals surface area contributed by atoms with Crippen LogP contribution in [0.25, 0.3) is 11.3 Å². The predicted octanol–water partition coefficient (Wildman–Crippen LogP) is 1.69. The van der Waals surface area contributed by atoms with Crippen molar-refractivity contribution < 1.29 is 14.1 Å². The number of rotatable bonds is 5. The van der Waals surface area contributed by atoms with Crippen molar-refractivity contribution >= 4 is 11.8 Å². The highest BCUT2D eigenvalue weighted by atomic mass is 16.5. The van der Waals surface area contributed by atoms with Gasteiger partial charge in [-0.15, -0.1) is 0 Å². The van der Waals surface area contributed by atoms with Gasteiger partial charge in [0.15, 0.2) is 0 Å². The van der Waals surface area contributed by atoms with Crippen molar-refractivity contribution in [1.29, 1.82) is 0 Å². The number of benzene rings is 1. The second-order valence-corrected chi connectivity index (χ2v) is 7.24. The van der Waals surface area contributed by atoms with Crippen LogP contribution in [-0.4, -0.2) is 65.5 Å². The van der Waals surface area contributed by atoms with Crippen LogP contribution in [0.3, 0.4) is 0 Å². The Hall–Kier alpha value is -2.67. The molecule has 0 radical (unpaired) electrons. The van der Waals surface area contributed by atoms with Crippen LogP contribution in [0.2, 0.25) is 0 Å². The molecule has 2 amide bonds. The molecule has 0 spiro atoms. The molecule has 2 aromatic rings. The lowest BCUT2D eigenvalue weighted by Crippen LogP contribution is -2.51. The quantitative estimate of drug-likeness (QED) is 0.869. The Morgan fingerprint density at radius 1 is 1.15 bits per heavy atom. The zero-order valence-electron chi connectivity index (χ0n) is 15.5. The molecule has 1 aromatic heterocycles. The molecule has 4 rings (SSSR count). The molecule has 2 fully saturated rings. The number of amides is 2. The SMILES string of the molecule is Cc1onc(-c2ccccc2)c1C(=O)N1CCN(CC(=O)NC2CC2)CC1. The average molecular weight is 368 g/mol. The summed E-state index contributed by atoms with van der Waals surface area (Å²) in [7, 11) is 0. The van der Waals surface area contributed by atoms with Crippen molar-refractivity contribution in [2.45, 2.75) is 25.8 Å². The van der Waals surface area contributed by atoms with Crippen LogP contribution >= 0.6 is 0 Å². The third kappa shape index (κ3) is 4.03. The molecule has 1 N–H and O–H groups in total. The molecule has 0 unspecified atom stereocenters. The highest BCUT2D eigenvalue weighted by Crippen LogP contribution is 2.26. The molecule has 1 aliphatic carbocycles. The second kappa shape index (κ2) is 7.52. The number of aromatic nitrogens is 1. The summed E-state index contributed by atoms with van der Waals surface area (Å²) < 4.78 is 5.32. The standard InChI is InChI=1S/C20H24N4O3/c1-14-18(19(22-27-14)15-5-3-2-4-6-15)20(26)24-11-9-23(10-12-24)13-17(25)21-16-7-8-16/h2-6,16H,7-13H2,1H3,(H,21,25). The molecule has 142 valence electrons. The number of hydrogen-bond donors (Lipinski definition) is 1. The van der Waals surface area contributed by atoms with Gasteiger partial charge in [-0.2, -0.15) is 0 Å². The van der Waals surface area contributed by atoms with Crippen LogP contribution < -0.4 is 5.32 Å². The zero-order valence-corrected chi connectivity index (χ0v) is 15.5. The van der Waals surface area contributed by atoms with E-state index < -0.39 is 0 Å². The lowest BCUT2D eigenvalue weighted by molar-refractivity contribution is -0.122. The van der Waals surface area contributed by atoms with Gasteiger partial charge in [-0.1, -0.05) is 35.5 Å². The fourth-order valence-electron chi connectivity index (χ4n) is 3.39. The van der Waals surface area contributed by atoms with E-state index in [1.54, 1.807) is 6.92 Å². The minimum atomic E-state index is -0.0605. The fourth-order valence-corrected chi connectivity index (χ4v) is 3.39. The monoisotopic (exact) mass is 368 g/mol. The Morgan fingerprint density at radius 3 is 2.52 bits per heavy atom. The van der Waals surface area contributed by atoms with E-state index in [9.17, 15) is 9.59 Å². The molecule has 0 bridgehead atoms. The van der Waals surface area contributed by atoms with Crippen LogP contribution in [0.4, 0.5) is 0 Å². The molecule has 2 heterocycles.